The van der Waals surface area contributed by atoms with Crippen molar-refractivity contribution in [2.75, 3.05) is 0 Å². The fourth-order valence-electron chi connectivity index (χ4n) is 2.18. The Morgan fingerprint density at radius 1 is 0.968 bits per heavy atom. The van der Waals surface area contributed by atoms with Crippen molar-refractivity contribution in [2.45, 2.75) is 71.8 Å². The van der Waals surface area contributed by atoms with E-state index >= 15 is 0 Å². The summed E-state index contributed by atoms with van der Waals surface area (Å²) in [5.74, 6) is -4.20. The lowest BCUT2D eigenvalue weighted by Gasteiger charge is -2.29. The molecule has 7 nitrogen and oxygen atoms in total. The smallest absolute Gasteiger partial charge is 0.459 e. The van der Waals surface area contributed by atoms with Crippen LogP contribution in [0.4, 0.5) is 13.2 Å². The molecule has 1 unspecified atom stereocenters. The van der Waals surface area contributed by atoms with Gasteiger partial charge in [0, 0.05) is 0 Å². The van der Waals surface area contributed by atoms with Crippen molar-refractivity contribution in [1.29, 1.82) is 0 Å². The summed E-state index contributed by atoms with van der Waals surface area (Å²) in [6.45, 7) is 9.22. The van der Waals surface area contributed by atoms with Crippen LogP contribution in [0.15, 0.2) is 30.3 Å². The van der Waals surface area contributed by atoms with E-state index in [2.05, 4.69) is 0 Å². The molecular formula is C20H28F3O7P. The lowest BCUT2D eigenvalue weighted by molar-refractivity contribution is -0.195. The number of carbonyl (C=O) groups is 1. The summed E-state index contributed by atoms with van der Waals surface area (Å²) in [4.78, 5) is 12.5. The summed E-state index contributed by atoms with van der Waals surface area (Å²) in [5.41, 5.74) is -0.660. The number of carbonyl (C=O) groups excluding carboxylic acids is 1. The molecule has 11 heteroatoms. The Hall–Kier alpha value is -1.71. The monoisotopic (exact) mass is 468 g/mol. The van der Waals surface area contributed by atoms with Gasteiger partial charge in [0.25, 0.3) is 5.79 Å². The lowest BCUT2D eigenvalue weighted by Crippen LogP contribution is -2.42. The second kappa shape index (κ2) is 10.7. The topological polar surface area (TPSA) is 91.3 Å². The van der Waals surface area contributed by atoms with Crippen molar-refractivity contribution >= 4 is 19.9 Å². The molecular weight excluding hydrogens is 440 g/mol. The van der Waals surface area contributed by atoms with E-state index in [4.69, 9.17) is 18.3 Å². The first-order chi connectivity index (χ1) is 14.1. The van der Waals surface area contributed by atoms with Crippen molar-refractivity contribution < 1.29 is 45.9 Å². The van der Waals surface area contributed by atoms with Gasteiger partial charge >= 0.3 is 20.0 Å². The highest BCUT2D eigenvalue weighted by Gasteiger charge is 2.47. The van der Waals surface area contributed by atoms with Crippen LogP contribution >= 0.6 is 7.82 Å². The predicted octanol–water partition coefficient (Wildman–Crippen LogP) is 5.33. The van der Waals surface area contributed by atoms with Crippen molar-refractivity contribution in [3.8, 4) is 0 Å². The summed E-state index contributed by atoms with van der Waals surface area (Å²) >= 11 is 0. The predicted molar refractivity (Wildman–Crippen MR) is 108 cm³/mol. The maximum absolute atomic E-state index is 13.0. The van der Waals surface area contributed by atoms with Crippen molar-refractivity contribution in [2.24, 2.45) is 0 Å². The molecule has 0 amide bonds. The number of hydrogen-bond donors (Lipinski definition) is 1. The number of phosphoric acid groups is 1. The zero-order chi connectivity index (χ0) is 24.0. The summed E-state index contributed by atoms with van der Waals surface area (Å²) in [6.07, 6.45) is -4.53. The van der Waals surface area contributed by atoms with E-state index in [1.807, 2.05) is 0 Å². The first kappa shape index (κ1) is 27.3. The van der Waals surface area contributed by atoms with E-state index in [1.165, 1.54) is 13.8 Å². The molecule has 0 radical (unpaired) electrons. The van der Waals surface area contributed by atoms with Gasteiger partial charge in [-0.3, -0.25) is 9.05 Å². The molecule has 0 aliphatic carbocycles. The van der Waals surface area contributed by atoms with Crippen molar-refractivity contribution in [3.63, 3.8) is 0 Å². The van der Waals surface area contributed by atoms with Crippen LogP contribution in [0, 0.1) is 0 Å². The molecule has 0 aliphatic rings. The minimum absolute atomic E-state index is 0.205. The molecule has 0 saturated heterocycles. The Morgan fingerprint density at radius 3 is 1.84 bits per heavy atom. The molecule has 0 spiro atoms. The Kier molecular flexibility index (Phi) is 9.47. The van der Waals surface area contributed by atoms with Crippen LogP contribution in [0.1, 0.15) is 52.7 Å². The Labute approximate surface area is 179 Å². The number of halogens is 3. The second-order valence-electron chi connectivity index (χ2n) is 7.45. The van der Waals surface area contributed by atoms with E-state index in [1.54, 1.807) is 27.7 Å². The molecule has 0 heterocycles. The van der Waals surface area contributed by atoms with E-state index < -0.39 is 49.6 Å². The Balaban J connectivity index is 3.29. The zero-order valence-corrected chi connectivity index (χ0v) is 19.1. The number of alkyl halides is 3. The van der Waals surface area contributed by atoms with Gasteiger partial charge in [-0.15, -0.1) is 0 Å². The van der Waals surface area contributed by atoms with Gasteiger partial charge in [0.05, 0.1) is 23.9 Å². The maximum atomic E-state index is 13.0. The normalized spacial score (nSPS) is 15.1. The number of esters is 1. The van der Waals surface area contributed by atoms with Crippen LogP contribution in [-0.4, -0.2) is 35.2 Å². The molecule has 1 atom stereocenters. The lowest BCUT2D eigenvalue weighted by atomic mass is 10.1. The van der Waals surface area contributed by atoms with Gasteiger partial charge < -0.3 is 9.84 Å². The number of aliphatic hydroxyl groups is 1. The summed E-state index contributed by atoms with van der Waals surface area (Å²) in [5, 5.41) is 10.8. The highest BCUT2D eigenvalue weighted by molar-refractivity contribution is 7.48. The van der Waals surface area contributed by atoms with Gasteiger partial charge in [-0.25, -0.2) is 13.9 Å². The number of rotatable bonds is 10. The molecule has 0 bridgehead atoms. The fourth-order valence-corrected chi connectivity index (χ4v) is 3.83. The molecule has 31 heavy (non-hydrogen) atoms. The Bertz CT molecular complexity index is 790. The van der Waals surface area contributed by atoms with Gasteiger partial charge in [0.2, 0.25) is 0 Å². The van der Waals surface area contributed by atoms with Gasteiger partial charge in [-0.1, -0.05) is 18.2 Å². The van der Waals surface area contributed by atoms with Crippen LogP contribution in [0.3, 0.4) is 0 Å². The van der Waals surface area contributed by atoms with Crippen LogP contribution in [0.2, 0.25) is 0 Å². The molecule has 1 aromatic rings. The molecule has 0 saturated carbocycles. The Morgan fingerprint density at radius 2 is 1.45 bits per heavy atom. The number of benzene rings is 1. The van der Waals surface area contributed by atoms with Crippen LogP contribution in [0.5, 0.6) is 0 Å². The molecule has 1 N–H and O–H groups in total. The van der Waals surface area contributed by atoms with E-state index in [-0.39, 0.29) is 5.56 Å². The maximum Gasteiger partial charge on any atom is 0.478 e. The fraction of sp³-hybridized carbons (Fsp3) is 0.550. The molecule has 0 fully saturated rings. The molecule has 0 aromatic heterocycles. The van der Waals surface area contributed by atoms with Crippen molar-refractivity contribution in [1.82, 2.24) is 0 Å². The first-order valence-corrected chi connectivity index (χ1v) is 11.0. The quantitative estimate of drug-likeness (QED) is 0.282. The average molecular weight is 468 g/mol. The van der Waals surface area contributed by atoms with Gasteiger partial charge in [-0.2, -0.15) is 13.2 Å². The third kappa shape index (κ3) is 9.13. The summed E-state index contributed by atoms with van der Waals surface area (Å²) < 4.78 is 71.7. The standard InChI is InChI=1S/C20H28F3O7P/c1-13(2)27-18(24)19(25,30-31(26,28-14(3)4)29-15(5)6)12-11-16-7-9-17(10-8-16)20(21,22)23/h7-15,25H,1-6H3/b12-11+. The molecule has 1 aromatic carbocycles. The van der Waals surface area contributed by atoms with Crippen LogP contribution in [0.25, 0.3) is 6.08 Å². The number of phosphoric ester groups is 1. The van der Waals surface area contributed by atoms with Crippen molar-refractivity contribution in [3.05, 3.63) is 41.5 Å². The molecule has 0 aliphatic heterocycles. The average Bonchev–Trinajstić information content (AvgIpc) is 2.57. The van der Waals surface area contributed by atoms with Gasteiger partial charge in [-0.05, 0) is 65.3 Å². The summed E-state index contributed by atoms with van der Waals surface area (Å²) in [7, 11) is -4.45. The van der Waals surface area contributed by atoms with E-state index in [9.17, 15) is 27.6 Å². The third-order valence-electron chi connectivity index (χ3n) is 3.31. The van der Waals surface area contributed by atoms with E-state index in [0.29, 0.717) is 0 Å². The van der Waals surface area contributed by atoms with Gasteiger partial charge in [0.1, 0.15) is 0 Å². The number of hydrogen-bond acceptors (Lipinski definition) is 7. The first-order valence-electron chi connectivity index (χ1n) is 9.54. The van der Waals surface area contributed by atoms with Crippen LogP contribution in [-0.2, 0) is 33.8 Å². The summed E-state index contributed by atoms with van der Waals surface area (Å²) in [6, 6.07) is 3.92. The van der Waals surface area contributed by atoms with Crippen LogP contribution < -0.4 is 0 Å². The van der Waals surface area contributed by atoms with E-state index in [0.717, 1.165) is 36.4 Å². The minimum atomic E-state index is -4.51. The third-order valence-corrected chi connectivity index (χ3v) is 5.17. The second-order valence-corrected chi connectivity index (χ2v) is 8.95. The SMILES string of the molecule is CC(C)OC(=O)C(O)(/C=C/c1ccc(C(F)(F)F)cc1)OP(=O)(OC(C)C)OC(C)C. The highest BCUT2D eigenvalue weighted by Crippen LogP contribution is 2.54. The largest absolute Gasteiger partial charge is 0.478 e. The highest BCUT2D eigenvalue weighted by atomic mass is 31.2. The minimum Gasteiger partial charge on any atom is -0.459 e. The molecule has 176 valence electrons. The number of ether oxygens (including phenoxy) is 1. The zero-order valence-electron chi connectivity index (χ0n) is 18.2. The van der Waals surface area contributed by atoms with Gasteiger partial charge in [0.15, 0.2) is 0 Å². The molecule has 1 rings (SSSR count).